The molecule has 0 aromatic heterocycles. The summed E-state index contributed by atoms with van der Waals surface area (Å²) in [5, 5.41) is 0.813. The van der Waals surface area contributed by atoms with E-state index in [1.807, 2.05) is 0 Å². The third-order valence-electron chi connectivity index (χ3n) is 6.21. The van der Waals surface area contributed by atoms with Gasteiger partial charge in [-0.3, -0.25) is 14.4 Å². The van der Waals surface area contributed by atoms with Crippen molar-refractivity contribution in [2.24, 2.45) is 5.92 Å². The first-order valence-corrected chi connectivity index (χ1v) is 11.7. The first kappa shape index (κ1) is 23.5. The number of rotatable bonds is 3. The van der Waals surface area contributed by atoms with Gasteiger partial charge in [-0.1, -0.05) is 23.2 Å². The molecule has 2 aliphatic rings. The predicted octanol–water partition coefficient (Wildman–Crippen LogP) is 3.97. The van der Waals surface area contributed by atoms with E-state index in [0.29, 0.717) is 73.3 Å². The summed E-state index contributed by atoms with van der Waals surface area (Å²) in [6, 6.07) is 10.3. The number of nitrogens with zero attached hydrogens (tertiary/aromatic N) is 3. The molecular weight excluding hydrogens is 468 g/mol. The minimum Gasteiger partial charge on any atom is -0.339 e. The van der Waals surface area contributed by atoms with Gasteiger partial charge in [0, 0.05) is 66.4 Å². The largest absolute Gasteiger partial charge is 0.339 e. The lowest BCUT2D eigenvalue weighted by Crippen LogP contribution is -2.53. The van der Waals surface area contributed by atoms with Gasteiger partial charge in [-0.25, -0.2) is 4.39 Å². The standard InChI is InChI=1S/C24H24Cl2FN3O3/c25-19-13-18(14-20(26)15-19)24(33)30-11-9-29(10-12-30)23(32)17-5-7-28(8-6-17)22(31)16-1-3-21(27)4-2-16/h1-4,13-15,17H,5-12H2. The van der Waals surface area contributed by atoms with E-state index in [0.717, 1.165) is 0 Å². The maximum Gasteiger partial charge on any atom is 0.254 e. The van der Waals surface area contributed by atoms with Crippen LogP contribution in [-0.2, 0) is 4.79 Å². The van der Waals surface area contributed by atoms with E-state index in [9.17, 15) is 18.8 Å². The topological polar surface area (TPSA) is 60.9 Å². The van der Waals surface area contributed by atoms with Crippen molar-refractivity contribution < 1.29 is 18.8 Å². The van der Waals surface area contributed by atoms with Crippen LogP contribution in [-0.4, -0.2) is 71.7 Å². The number of halogens is 3. The Labute approximate surface area is 201 Å². The van der Waals surface area contributed by atoms with E-state index >= 15 is 0 Å². The highest BCUT2D eigenvalue weighted by Crippen LogP contribution is 2.24. The number of piperazine rings is 1. The van der Waals surface area contributed by atoms with Gasteiger partial charge >= 0.3 is 0 Å². The summed E-state index contributed by atoms with van der Waals surface area (Å²) in [6.07, 6.45) is 1.18. The SMILES string of the molecule is O=C(c1ccc(F)cc1)N1CCC(C(=O)N2CCN(C(=O)c3cc(Cl)cc(Cl)c3)CC2)CC1. The lowest BCUT2D eigenvalue weighted by atomic mass is 9.94. The second-order valence-corrected chi connectivity index (χ2v) is 9.22. The Kier molecular flexibility index (Phi) is 7.20. The average molecular weight is 492 g/mol. The molecule has 0 radical (unpaired) electrons. The van der Waals surface area contributed by atoms with Crippen LogP contribution in [0.25, 0.3) is 0 Å². The second-order valence-electron chi connectivity index (χ2n) is 8.35. The van der Waals surface area contributed by atoms with Crippen LogP contribution in [0, 0.1) is 11.7 Å². The van der Waals surface area contributed by atoms with Crippen LogP contribution in [0.1, 0.15) is 33.6 Å². The summed E-state index contributed by atoms with van der Waals surface area (Å²) >= 11 is 12.0. The number of carbonyl (C=O) groups is 3. The number of benzene rings is 2. The Balaban J connectivity index is 1.27. The number of piperidine rings is 1. The summed E-state index contributed by atoms with van der Waals surface area (Å²) in [5.74, 6) is -0.750. The molecule has 0 aliphatic carbocycles. The Bertz CT molecular complexity index is 1030. The number of hydrogen-bond acceptors (Lipinski definition) is 3. The summed E-state index contributed by atoms with van der Waals surface area (Å²) in [6.45, 7) is 2.79. The van der Waals surface area contributed by atoms with E-state index in [4.69, 9.17) is 23.2 Å². The first-order chi connectivity index (χ1) is 15.8. The zero-order chi connectivity index (χ0) is 23.5. The van der Waals surface area contributed by atoms with Gasteiger partial charge in [0.15, 0.2) is 0 Å². The van der Waals surface area contributed by atoms with Crippen molar-refractivity contribution in [1.29, 1.82) is 0 Å². The second kappa shape index (κ2) is 10.1. The number of carbonyl (C=O) groups excluding carboxylic acids is 3. The lowest BCUT2D eigenvalue weighted by molar-refractivity contribution is -0.138. The van der Waals surface area contributed by atoms with Crippen LogP contribution >= 0.6 is 23.2 Å². The summed E-state index contributed by atoms with van der Waals surface area (Å²) in [4.78, 5) is 43.6. The van der Waals surface area contributed by atoms with Crippen LogP contribution in [0.5, 0.6) is 0 Å². The third-order valence-corrected chi connectivity index (χ3v) is 6.65. The lowest BCUT2D eigenvalue weighted by Gasteiger charge is -2.38. The summed E-state index contributed by atoms with van der Waals surface area (Å²) in [5.41, 5.74) is 0.883. The minimum absolute atomic E-state index is 0.0711. The van der Waals surface area contributed by atoms with Crippen molar-refractivity contribution in [3.63, 3.8) is 0 Å². The fourth-order valence-electron chi connectivity index (χ4n) is 4.35. The zero-order valence-electron chi connectivity index (χ0n) is 18.0. The third kappa shape index (κ3) is 5.47. The zero-order valence-corrected chi connectivity index (χ0v) is 19.5. The van der Waals surface area contributed by atoms with Crippen molar-refractivity contribution in [3.8, 4) is 0 Å². The maximum atomic E-state index is 13.1. The Morgan fingerprint density at radius 2 is 1.18 bits per heavy atom. The molecule has 9 heteroatoms. The highest BCUT2D eigenvalue weighted by Gasteiger charge is 2.33. The highest BCUT2D eigenvalue weighted by atomic mass is 35.5. The Morgan fingerprint density at radius 3 is 1.76 bits per heavy atom. The Morgan fingerprint density at radius 1 is 0.697 bits per heavy atom. The molecule has 2 heterocycles. The molecule has 6 nitrogen and oxygen atoms in total. The molecule has 2 aromatic carbocycles. The van der Waals surface area contributed by atoms with Gasteiger partial charge in [-0.05, 0) is 55.3 Å². The molecular formula is C24H24Cl2FN3O3. The van der Waals surface area contributed by atoms with Crippen molar-refractivity contribution >= 4 is 40.9 Å². The van der Waals surface area contributed by atoms with Crippen LogP contribution in [0.4, 0.5) is 4.39 Å². The number of likely N-dealkylation sites (tertiary alicyclic amines) is 1. The molecule has 0 atom stereocenters. The fourth-order valence-corrected chi connectivity index (χ4v) is 4.88. The van der Waals surface area contributed by atoms with Crippen molar-refractivity contribution in [2.45, 2.75) is 12.8 Å². The van der Waals surface area contributed by atoms with Crippen LogP contribution in [0.15, 0.2) is 42.5 Å². The monoisotopic (exact) mass is 491 g/mol. The van der Waals surface area contributed by atoms with Crippen LogP contribution < -0.4 is 0 Å². The number of hydrogen-bond donors (Lipinski definition) is 0. The molecule has 0 bridgehead atoms. The predicted molar refractivity (Wildman–Crippen MR) is 124 cm³/mol. The quantitative estimate of drug-likeness (QED) is 0.652. The van der Waals surface area contributed by atoms with Gasteiger partial charge in [0.05, 0.1) is 0 Å². The van der Waals surface area contributed by atoms with Crippen molar-refractivity contribution in [2.75, 3.05) is 39.3 Å². The van der Waals surface area contributed by atoms with Crippen LogP contribution in [0.2, 0.25) is 10.0 Å². The molecule has 2 saturated heterocycles. The minimum atomic E-state index is -0.381. The molecule has 0 spiro atoms. The highest BCUT2D eigenvalue weighted by molar-refractivity contribution is 6.35. The van der Waals surface area contributed by atoms with Gasteiger partial charge in [-0.2, -0.15) is 0 Å². The van der Waals surface area contributed by atoms with Gasteiger partial charge in [0.2, 0.25) is 5.91 Å². The Hall–Kier alpha value is -2.64. The average Bonchev–Trinajstić information content (AvgIpc) is 2.83. The first-order valence-electron chi connectivity index (χ1n) is 10.9. The van der Waals surface area contributed by atoms with E-state index in [-0.39, 0.29) is 29.5 Å². The van der Waals surface area contributed by atoms with Crippen molar-refractivity contribution in [3.05, 3.63) is 69.5 Å². The van der Waals surface area contributed by atoms with Gasteiger partial charge < -0.3 is 14.7 Å². The molecule has 4 rings (SSSR count). The number of amides is 3. The molecule has 174 valence electrons. The molecule has 2 aromatic rings. The van der Waals surface area contributed by atoms with E-state index < -0.39 is 0 Å². The van der Waals surface area contributed by atoms with Gasteiger partial charge in [0.1, 0.15) is 5.82 Å². The molecule has 0 N–H and O–H groups in total. The van der Waals surface area contributed by atoms with E-state index in [1.165, 1.54) is 24.3 Å². The normalized spacial score (nSPS) is 17.2. The summed E-state index contributed by atoms with van der Waals surface area (Å²) < 4.78 is 13.1. The van der Waals surface area contributed by atoms with E-state index in [1.54, 1.807) is 32.9 Å². The fraction of sp³-hybridized carbons (Fsp3) is 0.375. The molecule has 3 amide bonds. The summed E-state index contributed by atoms with van der Waals surface area (Å²) in [7, 11) is 0. The molecule has 0 saturated carbocycles. The molecule has 2 aliphatic heterocycles. The van der Waals surface area contributed by atoms with Crippen molar-refractivity contribution in [1.82, 2.24) is 14.7 Å². The van der Waals surface area contributed by atoms with Gasteiger partial charge in [-0.15, -0.1) is 0 Å². The van der Waals surface area contributed by atoms with Crippen LogP contribution in [0.3, 0.4) is 0 Å². The molecule has 33 heavy (non-hydrogen) atoms. The maximum absolute atomic E-state index is 13.1. The van der Waals surface area contributed by atoms with E-state index in [2.05, 4.69) is 0 Å². The molecule has 2 fully saturated rings. The molecule has 0 unspecified atom stereocenters. The van der Waals surface area contributed by atoms with Gasteiger partial charge in [0.25, 0.3) is 11.8 Å². The smallest absolute Gasteiger partial charge is 0.254 e.